The fourth-order valence-electron chi connectivity index (χ4n) is 3.84. The second kappa shape index (κ2) is 10.4. The zero-order valence-corrected chi connectivity index (χ0v) is 21.6. The van der Waals surface area contributed by atoms with Crippen molar-refractivity contribution in [1.82, 2.24) is 14.6 Å². The Labute approximate surface area is 221 Å². The molecule has 2 aromatic heterocycles. The van der Waals surface area contributed by atoms with E-state index in [1.54, 1.807) is 10.7 Å². The molecule has 0 bridgehead atoms. The van der Waals surface area contributed by atoms with Crippen molar-refractivity contribution >= 4 is 56.4 Å². The number of halogens is 2. The number of hydrogen-bond donors (Lipinski definition) is 3. The highest BCUT2D eigenvalue weighted by atomic mass is 79.9. The molecule has 0 atom stereocenters. The van der Waals surface area contributed by atoms with E-state index >= 15 is 0 Å². The topological polar surface area (TPSA) is 83.4 Å². The standard InChI is InChI=1S/C27H22BrClN6O/c1-17-6-4-8-19(12-17)32-27(36)33-20-9-5-7-18(13-20)15-30-25-14-24(21-10-2-3-11-23(21)29)34-26-22(28)16-31-35(25)26/h2-14,16,30H,15H2,1H3,(H2,32,33,36). The molecule has 0 fully saturated rings. The minimum Gasteiger partial charge on any atom is -0.366 e. The van der Waals surface area contributed by atoms with E-state index in [-0.39, 0.29) is 6.03 Å². The predicted molar refractivity (Wildman–Crippen MR) is 149 cm³/mol. The van der Waals surface area contributed by atoms with Crippen LogP contribution in [0.2, 0.25) is 5.02 Å². The van der Waals surface area contributed by atoms with Crippen molar-refractivity contribution in [3.8, 4) is 11.3 Å². The van der Waals surface area contributed by atoms with Crippen molar-refractivity contribution < 1.29 is 4.79 Å². The minimum absolute atomic E-state index is 0.299. The quantitative estimate of drug-likeness (QED) is 0.202. The van der Waals surface area contributed by atoms with E-state index in [0.29, 0.717) is 22.9 Å². The lowest BCUT2D eigenvalue weighted by molar-refractivity contribution is 0.262. The summed E-state index contributed by atoms with van der Waals surface area (Å²) in [5.41, 5.74) is 5.75. The van der Waals surface area contributed by atoms with Gasteiger partial charge >= 0.3 is 6.03 Å². The molecule has 7 nitrogen and oxygen atoms in total. The van der Waals surface area contributed by atoms with Gasteiger partial charge in [-0.2, -0.15) is 9.61 Å². The number of aryl methyl sites for hydroxylation is 1. The molecule has 2 heterocycles. The Balaban J connectivity index is 1.34. The largest absolute Gasteiger partial charge is 0.366 e. The molecule has 2 amide bonds. The van der Waals surface area contributed by atoms with Crippen LogP contribution >= 0.6 is 27.5 Å². The molecule has 36 heavy (non-hydrogen) atoms. The van der Waals surface area contributed by atoms with Gasteiger partial charge in [-0.1, -0.05) is 54.1 Å². The monoisotopic (exact) mass is 560 g/mol. The fourth-order valence-corrected chi connectivity index (χ4v) is 4.42. The summed E-state index contributed by atoms with van der Waals surface area (Å²) in [5, 5.41) is 14.3. The zero-order valence-electron chi connectivity index (χ0n) is 19.3. The van der Waals surface area contributed by atoms with Gasteiger partial charge in [-0.05, 0) is 64.3 Å². The number of aromatic nitrogens is 3. The van der Waals surface area contributed by atoms with Crippen LogP contribution < -0.4 is 16.0 Å². The van der Waals surface area contributed by atoms with Gasteiger partial charge in [-0.15, -0.1) is 0 Å². The molecule has 0 radical (unpaired) electrons. The highest BCUT2D eigenvalue weighted by Crippen LogP contribution is 2.30. The number of rotatable bonds is 6. The SMILES string of the molecule is Cc1cccc(NC(=O)Nc2cccc(CNc3cc(-c4ccccc4Cl)nc4c(Br)cnn34)c2)c1. The van der Waals surface area contributed by atoms with Gasteiger partial charge in [-0.3, -0.25) is 0 Å². The summed E-state index contributed by atoms with van der Waals surface area (Å²) in [6, 6.07) is 24.5. The molecule has 0 aliphatic carbocycles. The molecule has 9 heteroatoms. The van der Waals surface area contributed by atoms with Crippen molar-refractivity contribution in [2.75, 3.05) is 16.0 Å². The average molecular weight is 562 g/mol. The van der Waals surface area contributed by atoms with Gasteiger partial charge in [0.05, 0.1) is 16.4 Å². The van der Waals surface area contributed by atoms with Crippen LogP contribution in [-0.4, -0.2) is 20.6 Å². The molecular weight excluding hydrogens is 540 g/mol. The summed E-state index contributed by atoms with van der Waals surface area (Å²) < 4.78 is 2.52. The number of fused-ring (bicyclic) bond motifs is 1. The van der Waals surface area contributed by atoms with E-state index in [0.717, 1.165) is 38.4 Å². The second-order valence-corrected chi connectivity index (χ2v) is 9.50. The summed E-state index contributed by atoms with van der Waals surface area (Å²) in [7, 11) is 0. The zero-order chi connectivity index (χ0) is 25.1. The summed E-state index contributed by atoms with van der Waals surface area (Å²) in [4.78, 5) is 17.2. The van der Waals surface area contributed by atoms with E-state index in [9.17, 15) is 4.79 Å². The van der Waals surface area contributed by atoms with Crippen molar-refractivity contribution in [3.05, 3.63) is 106 Å². The Morgan fingerprint density at radius 1 is 0.972 bits per heavy atom. The number of nitrogens with one attached hydrogen (secondary N) is 3. The van der Waals surface area contributed by atoms with Gasteiger partial charge in [-0.25, -0.2) is 9.78 Å². The first-order valence-electron chi connectivity index (χ1n) is 11.2. The molecule has 180 valence electrons. The number of amides is 2. The number of benzene rings is 3. The van der Waals surface area contributed by atoms with Crippen LogP contribution in [-0.2, 0) is 6.54 Å². The summed E-state index contributed by atoms with van der Waals surface area (Å²) in [6.07, 6.45) is 1.71. The van der Waals surface area contributed by atoms with Gasteiger partial charge in [0.25, 0.3) is 0 Å². The first kappa shape index (κ1) is 23.8. The van der Waals surface area contributed by atoms with Gasteiger partial charge in [0.2, 0.25) is 0 Å². The Morgan fingerprint density at radius 3 is 2.50 bits per heavy atom. The van der Waals surface area contributed by atoms with Crippen LogP contribution in [0.1, 0.15) is 11.1 Å². The number of urea groups is 1. The Kier molecular flexibility index (Phi) is 6.88. The van der Waals surface area contributed by atoms with Crippen LogP contribution in [0.5, 0.6) is 0 Å². The summed E-state index contributed by atoms with van der Waals surface area (Å²) in [6.45, 7) is 2.49. The molecule has 0 unspecified atom stereocenters. The van der Waals surface area contributed by atoms with E-state index in [4.69, 9.17) is 16.6 Å². The molecule has 0 aliphatic rings. The smallest absolute Gasteiger partial charge is 0.323 e. The maximum Gasteiger partial charge on any atom is 0.323 e. The fraction of sp³-hybridized carbons (Fsp3) is 0.0741. The van der Waals surface area contributed by atoms with Crippen molar-refractivity contribution in [3.63, 3.8) is 0 Å². The predicted octanol–water partition coefficient (Wildman–Crippen LogP) is 7.38. The molecule has 5 rings (SSSR count). The lowest BCUT2D eigenvalue weighted by Gasteiger charge is -2.13. The molecule has 3 aromatic carbocycles. The Bertz CT molecular complexity index is 1570. The maximum atomic E-state index is 12.5. The van der Waals surface area contributed by atoms with Crippen LogP contribution in [0.25, 0.3) is 16.9 Å². The maximum absolute atomic E-state index is 12.5. The Morgan fingerprint density at radius 2 is 1.72 bits per heavy atom. The number of carbonyl (C=O) groups excluding carboxylic acids is 1. The van der Waals surface area contributed by atoms with Crippen molar-refractivity contribution in [2.45, 2.75) is 13.5 Å². The number of nitrogens with zero attached hydrogens (tertiary/aromatic N) is 3. The molecule has 0 saturated heterocycles. The van der Waals surface area contributed by atoms with Crippen LogP contribution in [0.15, 0.2) is 89.5 Å². The number of carbonyl (C=O) groups is 1. The van der Waals surface area contributed by atoms with E-state index in [1.165, 1.54) is 0 Å². The van der Waals surface area contributed by atoms with E-state index in [2.05, 4.69) is 37.0 Å². The highest BCUT2D eigenvalue weighted by molar-refractivity contribution is 9.10. The van der Waals surface area contributed by atoms with E-state index < -0.39 is 0 Å². The molecule has 3 N–H and O–H groups in total. The lowest BCUT2D eigenvalue weighted by Crippen LogP contribution is -2.19. The molecular formula is C27H22BrClN6O. The first-order chi connectivity index (χ1) is 17.5. The highest BCUT2D eigenvalue weighted by Gasteiger charge is 2.13. The molecule has 0 saturated carbocycles. The molecule has 5 aromatic rings. The number of anilines is 3. The third-order valence-electron chi connectivity index (χ3n) is 5.51. The second-order valence-electron chi connectivity index (χ2n) is 8.24. The van der Waals surface area contributed by atoms with Gasteiger partial charge in [0.15, 0.2) is 5.65 Å². The average Bonchev–Trinajstić information content (AvgIpc) is 3.24. The third kappa shape index (κ3) is 5.35. The Hall–Kier alpha value is -3.88. The van der Waals surface area contributed by atoms with Crippen LogP contribution in [0.3, 0.4) is 0 Å². The van der Waals surface area contributed by atoms with Crippen LogP contribution in [0, 0.1) is 6.92 Å². The van der Waals surface area contributed by atoms with Gasteiger partial charge in [0, 0.05) is 34.6 Å². The first-order valence-corrected chi connectivity index (χ1v) is 12.4. The van der Waals surface area contributed by atoms with Crippen molar-refractivity contribution in [2.24, 2.45) is 0 Å². The van der Waals surface area contributed by atoms with Crippen LogP contribution in [0.4, 0.5) is 22.0 Å². The molecule has 0 spiro atoms. The van der Waals surface area contributed by atoms with Gasteiger partial charge < -0.3 is 16.0 Å². The minimum atomic E-state index is -0.299. The lowest BCUT2D eigenvalue weighted by atomic mass is 10.1. The summed E-state index contributed by atoms with van der Waals surface area (Å²) in [5.74, 6) is 0.760. The van der Waals surface area contributed by atoms with Gasteiger partial charge in [0.1, 0.15) is 5.82 Å². The van der Waals surface area contributed by atoms with Crippen molar-refractivity contribution in [1.29, 1.82) is 0 Å². The molecule has 0 aliphatic heterocycles. The van der Waals surface area contributed by atoms with E-state index in [1.807, 2.05) is 85.8 Å². The number of hydrogen-bond acceptors (Lipinski definition) is 4. The summed E-state index contributed by atoms with van der Waals surface area (Å²) >= 11 is 9.96. The normalized spacial score (nSPS) is 10.9. The third-order valence-corrected chi connectivity index (χ3v) is 6.40.